The first kappa shape index (κ1) is 12.2. The van der Waals surface area contributed by atoms with Crippen molar-refractivity contribution in [2.45, 2.75) is 6.10 Å². The van der Waals surface area contributed by atoms with Gasteiger partial charge in [0.2, 0.25) is 0 Å². The third-order valence-electron chi connectivity index (χ3n) is 2.60. The number of β-amino-alcohol motifs (C(OH)–C–C–N with tert-alkyl or cyclic N) is 1. The number of fused-ring (bicyclic) bond motifs is 1. The van der Waals surface area contributed by atoms with E-state index in [-0.39, 0.29) is 24.9 Å². The fraction of sp³-hybridized carbons (Fsp3) is 0.273. The van der Waals surface area contributed by atoms with E-state index in [4.69, 9.17) is 5.73 Å². The van der Waals surface area contributed by atoms with Crippen LogP contribution in [0.15, 0.2) is 22.7 Å². The van der Waals surface area contributed by atoms with Crippen molar-refractivity contribution in [1.82, 2.24) is 4.90 Å². The molecule has 0 bridgehead atoms. The molecule has 0 fully saturated rings. The molecule has 5 nitrogen and oxygen atoms in total. The number of hydrogen-bond donors (Lipinski definition) is 2. The molecule has 1 aliphatic heterocycles. The van der Waals surface area contributed by atoms with Gasteiger partial charge in [0.1, 0.15) is 0 Å². The van der Waals surface area contributed by atoms with Crippen LogP contribution in [0.1, 0.15) is 20.7 Å². The van der Waals surface area contributed by atoms with E-state index in [2.05, 4.69) is 15.9 Å². The van der Waals surface area contributed by atoms with Crippen LogP contribution in [0.2, 0.25) is 0 Å². The van der Waals surface area contributed by atoms with Gasteiger partial charge in [-0.25, -0.2) is 0 Å². The van der Waals surface area contributed by atoms with Gasteiger partial charge in [0.25, 0.3) is 11.8 Å². The van der Waals surface area contributed by atoms with Gasteiger partial charge in [-0.15, -0.1) is 0 Å². The summed E-state index contributed by atoms with van der Waals surface area (Å²) in [4.78, 5) is 24.9. The third kappa shape index (κ3) is 2.11. The van der Waals surface area contributed by atoms with Crippen molar-refractivity contribution in [3.63, 3.8) is 0 Å². The molecule has 2 amide bonds. The van der Waals surface area contributed by atoms with Crippen molar-refractivity contribution in [3.05, 3.63) is 33.8 Å². The van der Waals surface area contributed by atoms with E-state index in [1.165, 1.54) is 0 Å². The molecular weight excluding hydrogens is 288 g/mol. The first-order chi connectivity index (χ1) is 8.04. The van der Waals surface area contributed by atoms with Gasteiger partial charge in [0, 0.05) is 11.0 Å². The van der Waals surface area contributed by atoms with E-state index in [9.17, 15) is 14.7 Å². The zero-order chi connectivity index (χ0) is 12.6. The Morgan fingerprint density at radius 3 is 2.59 bits per heavy atom. The van der Waals surface area contributed by atoms with Gasteiger partial charge in [-0.1, -0.05) is 15.9 Å². The smallest absolute Gasteiger partial charge is 0.261 e. The van der Waals surface area contributed by atoms with E-state index in [1.807, 2.05) is 0 Å². The van der Waals surface area contributed by atoms with Gasteiger partial charge in [0.05, 0.1) is 23.8 Å². The first-order valence-corrected chi connectivity index (χ1v) is 5.87. The van der Waals surface area contributed by atoms with Crippen LogP contribution in [-0.4, -0.2) is 41.0 Å². The largest absolute Gasteiger partial charge is 0.390 e. The summed E-state index contributed by atoms with van der Waals surface area (Å²) in [6.07, 6.45) is -0.888. The molecule has 17 heavy (non-hydrogen) atoms. The van der Waals surface area contributed by atoms with E-state index in [1.54, 1.807) is 18.2 Å². The fourth-order valence-corrected chi connectivity index (χ4v) is 2.08. The number of imide groups is 1. The van der Waals surface area contributed by atoms with E-state index in [0.29, 0.717) is 11.1 Å². The second-order valence-electron chi connectivity index (χ2n) is 3.80. The number of rotatable bonds is 3. The molecule has 1 aromatic carbocycles. The molecule has 0 spiro atoms. The number of nitrogens with two attached hydrogens (primary N) is 1. The van der Waals surface area contributed by atoms with Crippen molar-refractivity contribution >= 4 is 27.7 Å². The quantitative estimate of drug-likeness (QED) is 0.790. The summed E-state index contributed by atoms with van der Waals surface area (Å²) in [5, 5.41) is 9.41. The first-order valence-electron chi connectivity index (χ1n) is 5.08. The Kier molecular flexibility index (Phi) is 3.28. The number of carbonyl (C=O) groups is 2. The minimum absolute atomic E-state index is 0.0110. The third-order valence-corrected chi connectivity index (χ3v) is 3.09. The minimum atomic E-state index is -0.888. The number of aliphatic hydroxyl groups is 1. The molecule has 90 valence electrons. The molecule has 3 N–H and O–H groups in total. The monoisotopic (exact) mass is 298 g/mol. The lowest BCUT2D eigenvalue weighted by atomic mass is 10.1. The van der Waals surface area contributed by atoms with Crippen molar-refractivity contribution in [1.29, 1.82) is 0 Å². The molecule has 0 unspecified atom stereocenters. The van der Waals surface area contributed by atoms with Crippen LogP contribution in [-0.2, 0) is 0 Å². The summed E-state index contributed by atoms with van der Waals surface area (Å²) in [7, 11) is 0. The molecule has 0 radical (unpaired) electrons. The predicted molar refractivity (Wildman–Crippen MR) is 64.6 cm³/mol. The van der Waals surface area contributed by atoms with Crippen molar-refractivity contribution < 1.29 is 14.7 Å². The van der Waals surface area contributed by atoms with Crippen LogP contribution in [0, 0.1) is 0 Å². The summed E-state index contributed by atoms with van der Waals surface area (Å²) < 4.78 is 0.735. The molecular formula is C11H11BrN2O3. The van der Waals surface area contributed by atoms with Crippen LogP contribution in [0.25, 0.3) is 0 Å². The molecule has 1 heterocycles. The van der Waals surface area contributed by atoms with Gasteiger partial charge in [0.15, 0.2) is 0 Å². The van der Waals surface area contributed by atoms with Gasteiger partial charge in [-0.2, -0.15) is 0 Å². The standard InChI is InChI=1S/C11H11BrN2O3/c12-6-1-2-8-9(3-6)11(17)14(10(8)16)5-7(15)4-13/h1-3,7,15H,4-5,13H2/t7-/m0/s1. The predicted octanol–water partition coefficient (Wildman–Crippen LogP) is 0.365. The number of amides is 2. The summed E-state index contributed by atoms with van der Waals surface area (Å²) in [5.41, 5.74) is 5.98. The fourth-order valence-electron chi connectivity index (χ4n) is 1.71. The van der Waals surface area contributed by atoms with Crippen LogP contribution in [0.3, 0.4) is 0 Å². The summed E-state index contributed by atoms with van der Waals surface area (Å²) in [5.74, 6) is -0.774. The van der Waals surface area contributed by atoms with Crippen molar-refractivity contribution in [2.24, 2.45) is 5.73 Å². The Morgan fingerprint density at radius 2 is 1.94 bits per heavy atom. The maximum absolute atomic E-state index is 11.9. The van der Waals surface area contributed by atoms with Crippen molar-refractivity contribution in [3.8, 4) is 0 Å². The number of benzene rings is 1. The molecule has 6 heteroatoms. The molecule has 0 saturated heterocycles. The molecule has 0 aliphatic carbocycles. The van der Waals surface area contributed by atoms with Crippen molar-refractivity contribution in [2.75, 3.05) is 13.1 Å². The molecule has 0 aromatic heterocycles. The van der Waals surface area contributed by atoms with Gasteiger partial charge < -0.3 is 10.8 Å². The minimum Gasteiger partial charge on any atom is -0.390 e. The average Bonchev–Trinajstić information content (AvgIpc) is 2.54. The Bertz CT molecular complexity index is 490. The zero-order valence-electron chi connectivity index (χ0n) is 8.89. The Morgan fingerprint density at radius 1 is 1.29 bits per heavy atom. The van der Waals surface area contributed by atoms with E-state index in [0.717, 1.165) is 9.37 Å². The van der Waals surface area contributed by atoms with Gasteiger partial charge in [-0.3, -0.25) is 14.5 Å². The van der Waals surface area contributed by atoms with Crippen LogP contribution < -0.4 is 5.73 Å². The zero-order valence-corrected chi connectivity index (χ0v) is 10.5. The molecule has 0 saturated carbocycles. The maximum Gasteiger partial charge on any atom is 0.261 e. The Balaban J connectivity index is 2.32. The molecule has 1 atom stereocenters. The number of halogens is 1. The lowest BCUT2D eigenvalue weighted by molar-refractivity contribution is 0.0554. The molecule has 2 rings (SSSR count). The highest BCUT2D eigenvalue weighted by Crippen LogP contribution is 2.25. The number of nitrogens with zero attached hydrogens (tertiary/aromatic N) is 1. The molecule has 1 aromatic rings. The van der Waals surface area contributed by atoms with Crippen LogP contribution in [0.4, 0.5) is 0 Å². The number of hydrogen-bond acceptors (Lipinski definition) is 4. The van der Waals surface area contributed by atoms with Gasteiger partial charge in [-0.05, 0) is 18.2 Å². The topological polar surface area (TPSA) is 83.6 Å². The van der Waals surface area contributed by atoms with Crippen LogP contribution in [0.5, 0.6) is 0 Å². The van der Waals surface area contributed by atoms with E-state index < -0.39 is 6.10 Å². The lowest BCUT2D eigenvalue weighted by Gasteiger charge is -2.16. The Labute approximate surface area is 106 Å². The van der Waals surface area contributed by atoms with E-state index >= 15 is 0 Å². The molecule has 1 aliphatic rings. The van der Waals surface area contributed by atoms with Crippen LogP contribution >= 0.6 is 15.9 Å². The average molecular weight is 299 g/mol. The normalized spacial score (nSPS) is 16.3. The number of aliphatic hydroxyl groups excluding tert-OH is 1. The second-order valence-corrected chi connectivity index (χ2v) is 4.72. The highest BCUT2D eigenvalue weighted by atomic mass is 79.9. The Hall–Kier alpha value is -1.24. The highest BCUT2D eigenvalue weighted by Gasteiger charge is 2.36. The summed E-state index contributed by atoms with van der Waals surface area (Å²) >= 11 is 3.25. The lowest BCUT2D eigenvalue weighted by Crippen LogP contribution is -2.39. The maximum atomic E-state index is 11.9. The second kappa shape index (κ2) is 4.56. The number of carbonyl (C=O) groups excluding carboxylic acids is 2. The van der Waals surface area contributed by atoms with Gasteiger partial charge >= 0.3 is 0 Å². The highest BCUT2D eigenvalue weighted by molar-refractivity contribution is 9.10. The SMILES string of the molecule is NC[C@H](O)CN1C(=O)c2ccc(Br)cc2C1=O. The summed E-state index contributed by atoms with van der Waals surface area (Å²) in [6, 6.07) is 4.89. The summed E-state index contributed by atoms with van der Waals surface area (Å²) in [6.45, 7) is -0.0580.